The molecule has 2 aromatic rings. The van der Waals surface area contributed by atoms with E-state index in [2.05, 4.69) is 10.2 Å². The van der Waals surface area contributed by atoms with Crippen molar-refractivity contribution in [1.82, 2.24) is 14.8 Å². The fraction of sp³-hybridized carbons (Fsp3) is 0.467. The van der Waals surface area contributed by atoms with E-state index >= 15 is 0 Å². The van der Waals surface area contributed by atoms with Crippen molar-refractivity contribution in [1.29, 1.82) is 0 Å². The van der Waals surface area contributed by atoms with Gasteiger partial charge in [-0.05, 0) is 43.5 Å². The Morgan fingerprint density at radius 3 is 2.70 bits per heavy atom. The standard InChI is InChI=1S/C15H19FN4OS.ClH/c16-11-4-6-12(7-5-11)20-14(9-17)18-19-15(20)22-10-13-3-1-2-8-21-13;/h4-7,13H,1-3,8-10,17H2;1H. The molecule has 1 saturated heterocycles. The number of halogens is 2. The molecule has 8 heteroatoms. The second kappa shape index (κ2) is 8.63. The second-order valence-corrected chi connectivity index (χ2v) is 6.20. The van der Waals surface area contributed by atoms with Crippen LogP contribution in [0.15, 0.2) is 29.4 Å². The monoisotopic (exact) mass is 358 g/mol. The maximum absolute atomic E-state index is 13.1. The van der Waals surface area contributed by atoms with E-state index in [0.29, 0.717) is 5.82 Å². The molecule has 1 unspecified atom stereocenters. The smallest absolute Gasteiger partial charge is 0.195 e. The summed E-state index contributed by atoms with van der Waals surface area (Å²) in [5.74, 6) is 1.23. The van der Waals surface area contributed by atoms with Gasteiger partial charge < -0.3 is 10.5 Å². The van der Waals surface area contributed by atoms with Gasteiger partial charge in [-0.3, -0.25) is 4.57 Å². The van der Waals surface area contributed by atoms with Gasteiger partial charge in [0.1, 0.15) is 5.82 Å². The van der Waals surface area contributed by atoms with E-state index in [1.165, 1.54) is 18.6 Å². The number of ether oxygens (including phenoxy) is 1. The molecule has 3 rings (SSSR count). The van der Waals surface area contributed by atoms with Gasteiger partial charge in [-0.25, -0.2) is 4.39 Å². The van der Waals surface area contributed by atoms with Crippen molar-refractivity contribution >= 4 is 24.2 Å². The van der Waals surface area contributed by atoms with E-state index in [4.69, 9.17) is 10.5 Å². The summed E-state index contributed by atoms with van der Waals surface area (Å²) in [7, 11) is 0. The number of nitrogens with two attached hydrogens (primary N) is 1. The van der Waals surface area contributed by atoms with Crippen LogP contribution in [0.1, 0.15) is 25.1 Å². The van der Waals surface area contributed by atoms with Crippen LogP contribution in [0.5, 0.6) is 0 Å². The van der Waals surface area contributed by atoms with Gasteiger partial charge in [0.15, 0.2) is 11.0 Å². The summed E-state index contributed by atoms with van der Waals surface area (Å²) in [5.41, 5.74) is 6.56. The second-order valence-electron chi connectivity index (χ2n) is 5.21. The minimum absolute atomic E-state index is 0. The van der Waals surface area contributed by atoms with Gasteiger partial charge in [-0.2, -0.15) is 0 Å². The maximum atomic E-state index is 13.1. The third kappa shape index (κ3) is 4.44. The van der Waals surface area contributed by atoms with Crippen molar-refractivity contribution in [2.75, 3.05) is 12.4 Å². The number of benzene rings is 1. The number of thioether (sulfide) groups is 1. The molecule has 0 amide bonds. The van der Waals surface area contributed by atoms with Gasteiger partial charge in [-0.1, -0.05) is 11.8 Å². The molecule has 0 aliphatic carbocycles. The first-order valence-corrected chi connectivity index (χ1v) is 8.41. The van der Waals surface area contributed by atoms with Gasteiger partial charge >= 0.3 is 0 Å². The van der Waals surface area contributed by atoms with Crippen molar-refractivity contribution in [3.05, 3.63) is 35.9 Å². The topological polar surface area (TPSA) is 66.0 Å². The Hall–Kier alpha value is -1.15. The number of hydrogen-bond donors (Lipinski definition) is 1. The highest BCUT2D eigenvalue weighted by Crippen LogP contribution is 2.25. The Balaban J connectivity index is 0.00000192. The molecule has 1 aliphatic heterocycles. The zero-order valence-corrected chi connectivity index (χ0v) is 14.3. The van der Waals surface area contributed by atoms with Crippen LogP contribution in [0.2, 0.25) is 0 Å². The van der Waals surface area contributed by atoms with E-state index in [-0.39, 0.29) is 30.9 Å². The third-order valence-corrected chi connectivity index (χ3v) is 4.70. The van der Waals surface area contributed by atoms with E-state index in [1.807, 2.05) is 4.57 Å². The zero-order valence-electron chi connectivity index (χ0n) is 12.7. The lowest BCUT2D eigenvalue weighted by Gasteiger charge is -2.21. The van der Waals surface area contributed by atoms with E-state index in [9.17, 15) is 4.39 Å². The van der Waals surface area contributed by atoms with E-state index < -0.39 is 0 Å². The fourth-order valence-corrected chi connectivity index (χ4v) is 3.52. The van der Waals surface area contributed by atoms with Crippen molar-refractivity contribution in [2.45, 2.75) is 37.1 Å². The van der Waals surface area contributed by atoms with Gasteiger partial charge in [0, 0.05) is 18.0 Å². The number of hydrogen-bond acceptors (Lipinski definition) is 5. The number of rotatable bonds is 5. The van der Waals surface area contributed by atoms with Gasteiger partial charge in [-0.15, -0.1) is 22.6 Å². The molecule has 5 nitrogen and oxygen atoms in total. The molecule has 1 aromatic carbocycles. The number of nitrogens with zero attached hydrogens (tertiary/aromatic N) is 3. The molecule has 2 N–H and O–H groups in total. The molecule has 0 spiro atoms. The van der Waals surface area contributed by atoms with Crippen LogP contribution in [0.3, 0.4) is 0 Å². The van der Waals surface area contributed by atoms with Crippen molar-refractivity contribution in [3.8, 4) is 5.69 Å². The summed E-state index contributed by atoms with van der Waals surface area (Å²) in [5, 5.41) is 9.11. The molecule has 2 heterocycles. The van der Waals surface area contributed by atoms with Crippen LogP contribution < -0.4 is 5.73 Å². The average Bonchev–Trinajstić information content (AvgIpc) is 2.97. The molecular weight excluding hydrogens is 339 g/mol. The Morgan fingerprint density at radius 1 is 1.26 bits per heavy atom. The van der Waals surface area contributed by atoms with E-state index in [0.717, 1.165) is 36.0 Å². The molecule has 126 valence electrons. The molecule has 1 fully saturated rings. The average molecular weight is 359 g/mol. The molecule has 1 atom stereocenters. The van der Waals surface area contributed by atoms with Crippen molar-refractivity contribution in [3.63, 3.8) is 0 Å². The molecule has 23 heavy (non-hydrogen) atoms. The molecule has 0 bridgehead atoms. The normalized spacial score (nSPS) is 17.7. The first-order chi connectivity index (χ1) is 10.8. The molecule has 0 saturated carbocycles. The first kappa shape index (κ1) is 18.2. The summed E-state index contributed by atoms with van der Waals surface area (Å²) in [4.78, 5) is 0. The number of aromatic nitrogens is 3. The first-order valence-electron chi connectivity index (χ1n) is 7.42. The Kier molecular flexibility index (Phi) is 6.83. The van der Waals surface area contributed by atoms with Crippen molar-refractivity contribution in [2.24, 2.45) is 5.73 Å². The fourth-order valence-electron chi connectivity index (χ4n) is 2.48. The minimum Gasteiger partial charge on any atom is -0.377 e. The lowest BCUT2D eigenvalue weighted by atomic mass is 10.1. The van der Waals surface area contributed by atoms with Crippen molar-refractivity contribution < 1.29 is 9.13 Å². The highest BCUT2D eigenvalue weighted by Gasteiger charge is 2.18. The van der Waals surface area contributed by atoms with Crippen LogP contribution in [-0.2, 0) is 11.3 Å². The lowest BCUT2D eigenvalue weighted by molar-refractivity contribution is 0.0315. The summed E-state index contributed by atoms with van der Waals surface area (Å²) in [6, 6.07) is 6.26. The Morgan fingerprint density at radius 2 is 2.04 bits per heavy atom. The highest BCUT2D eigenvalue weighted by molar-refractivity contribution is 7.99. The molecule has 1 aromatic heterocycles. The summed E-state index contributed by atoms with van der Waals surface area (Å²) in [6.07, 6.45) is 3.70. The lowest BCUT2D eigenvalue weighted by Crippen LogP contribution is -2.21. The van der Waals surface area contributed by atoms with Crippen LogP contribution in [0, 0.1) is 5.82 Å². The molecule has 0 radical (unpaired) electrons. The zero-order chi connectivity index (χ0) is 15.4. The van der Waals surface area contributed by atoms with Crippen LogP contribution in [-0.4, -0.2) is 33.2 Å². The maximum Gasteiger partial charge on any atom is 0.195 e. The van der Waals surface area contributed by atoms with Crippen LogP contribution in [0.4, 0.5) is 4.39 Å². The predicted molar refractivity (Wildman–Crippen MR) is 90.8 cm³/mol. The van der Waals surface area contributed by atoms with Gasteiger partial charge in [0.25, 0.3) is 0 Å². The molecular formula is C15H20ClFN4OS. The Labute approximate surface area is 145 Å². The van der Waals surface area contributed by atoms with Crippen LogP contribution >= 0.6 is 24.2 Å². The SMILES string of the molecule is Cl.NCc1nnc(SCC2CCCCO2)n1-c1ccc(F)cc1. The quantitative estimate of drug-likeness (QED) is 0.832. The summed E-state index contributed by atoms with van der Waals surface area (Å²) in [6.45, 7) is 1.12. The summed E-state index contributed by atoms with van der Waals surface area (Å²) < 4.78 is 20.7. The van der Waals surface area contributed by atoms with Gasteiger partial charge in [0.05, 0.1) is 12.6 Å². The van der Waals surface area contributed by atoms with Crippen LogP contribution in [0.25, 0.3) is 5.69 Å². The Bertz CT molecular complexity index is 616. The highest BCUT2D eigenvalue weighted by atomic mass is 35.5. The molecule has 1 aliphatic rings. The largest absolute Gasteiger partial charge is 0.377 e. The van der Waals surface area contributed by atoms with Gasteiger partial charge in [0.2, 0.25) is 0 Å². The van der Waals surface area contributed by atoms with E-state index in [1.54, 1.807) is 23.9 Å². The minimum atomic E-state index is -0.268. The predicted octanol–water partition coefficient (Wildman–Crippen LogP) is 2.95. The third-order valence-electron chi connectivity index (χ3n) is 3.64. The summed E-state index contributed by atoms with van der Waals surface area (Å²) >= 11 is 1.60.